The van der Waals surface area contributed by atoms with Crippen LogP contribution in [-0.4, -0.2) is 12.2 Å². The fourth-order valence-corrected chi connectivity index (χ4v) is 2.24. The molecule has 2 rings (SSSR count). The van der Waals surface area contributed by atoms with Crippen molar-refractivity contribution in [1.82, 2.24) is 5.32 Å². The lowest BCUT2D eigenvalue weighted by molar-refractivity contribution is 0.281. The number of aliphatic hydroxyl groups excluding tert-OH is 1. The number of ether oxygens (including phenoxy) is 1. The standard InChI is InChI=1S/C16H18BrNO2/c1-11(18-2)15-8-5-13(17)9-16(15)20-14-6-3-12(10-19)4-7-14/h3-9,11,18-19H,10H2,1-2H3. The lowest BCUT2D eigenvalue weighted by Gasteiger charge is -2.17. The van der Waals surface area contributed by atoms with Crippen LogP contribution in [0.3, 0.4) is 0 Å². The zero-order chi connectivity index (χ0) is 14.5. The van der Waals surface area contributed by atoms with Crippen LogP contribution in [0.15, 0.2) is 46.9 Å². The molecule has 2 aromatic carbocycles. The highest BCUT2D eigenvalue weighted by Crippen LogP contribution is 2.32. The number of benzene rings is 2. The third-order valence-electron chi connectivity index (χ3n) is 3.21. The van der Waals surface area contributed by atoms with E-state index < -0.39 is 0 Å². The Bertz CT molecular complexity index is 569. The van der Waals surface area contributed by atoms with Crippen LogP contribution in [0.25, 0.3) is 0 Å². The molecule has 1 unspecified atom stereocenters. The molecule has 0 heterocycles. The van der Waals surface area contributed by atoms with Crippen LogP contribution in [-0.2, 0) is 6.61 Å². The number of hydrogen-bond acceptors (Lipinski definition) is 3. The van der Waals surface area contributed by atoms with E-state index in [1.165, 1.54) is 0 Å². The zero-order valence-corrected chi connectivity index (χ0v) is 13.1. The van der Waals surface area contributed by atoms with Gasteiger partial charge < -0.3 is 15.2 Å². The van der Waals surface area contributed by atoms with Gasteiger partial charge in [0.25, 0.3) is 0 Å². The van der Waals surface area contributed by atoms with Crippen LogP contribution in [0.2, 0.25) is 0 Å². The Kier molecular flexibility index (Phi) is 5.17. The topological polar surface area (TPSA) is 41.5 Å². The van der Waals surface area contributed by atoms with Gasteiger partial charge in [-0.15, -0.1) is 0 Å². The van der Waals surface area contributed by atoms with E-state index in [4.69, 9.17) is 9.84 Å². The Hall–Kier alpha value is -1.36. The number of halogens is 1. The first-order valence-electron chi connectivity index (χ1n) is 6.48. The van der Waals surface area contributed by atoms with Gasteiger partial charge in [0.15, 0.2) is 0 Å². The van der Waals surface area contributed by atoms with Crippen LogP contribution in [0.4, 0.5) is 0 Å². The summed E-state index contributed by atoms with van der Waals surface area (Å²) in [6.45, 7) is 2.13. The predicted octanol–water partition coefficient (Wildman–Crippen LogP) is 4.01. The average Bonchev–Trinajstić information content (AvgIpc) is 2.47. The molecule has 1 atom stereocenters. The van der Waals surface area contributed by atoms with Gasteiger partial charge in [0.05, 0.1) is 6.61 Å². The SMILES string of the molecule is CNC(C)c1ccc(Br)cc1Oc1ccc(CO)cc1. The molecule has 20 heavy (non-hydrogen) atoms. The van der Waals surface area contributed by atoms with Gasteiger partial charge in [0, 0.05) is 16.1 Å². The highest BCUT2D eigenvalue weighted by molar-refractivity contribution is 9.10. The predicted molar refractivity (Wildman–Crippen MR) is 84.1 cm³/mol. The maximum Gasteiger partial charge on any atom is 0.133 e. The van der Waals surface area contributed by atoms with Crippen LogP contribution in [0.5, 0.6) is 11.5 Å². The summed E-state index contributed by atoms with van der Waals surface area (Å²) < 4.78 is 6.94. The second-order valence-corrected chi connectivity index (χ2v) is 5.51. The number of hydrogen-bond donors (Lipinski definition) is 2. The van der Waals surface area contributed by atoms with Crippen LogP contribution in [0.1, 0.15) is 24.1 Å². The lowest BCUT2D eigenvalue weighted by Crippen LogP contribution is -2.13. The largest absolute Gasteiger partial charge is 0.457 e. The molecule has 0 fully saturated rings. The highest BCUT2D eigenvalue weighted by Gasteiger charge is 2.11. The Balaban J connectivity index is 2.28. The molecular weight excluding hydrogens is 318 g/mol. The van der Waals surface area contributed by atoms with Crippen molar-refractivity contribution in [2.24, 2.45) is 0 Å². The fraction of sp³-hybridized carbons (Fsp3) is 0.250. The summed E-state index contributed by atoms with van der Waals surface area (Å²) in [6.07, 6.45) is 0. The van der Waals surface area contributed by atoms with Crippen molar-refractivity contribution in [1.29, 1.82) is 0 Å². The van der Waals surface area contributed by atoms with E-state index >= 15 is 0 Å². The van der Waals surface area contributed by atoms with Crippen LogP contribution < -0.4 is 10.1 Å². The smallest absolute Gasteiger partial charge is 0.133 e. The zero-order valence-electron chi connectivity index (χ0n) is 11.6. The van der Waals surface area contributed by atoms with E-state index in [0.717, 1.165) is 27.1 Å². The van der Waals surface area contributed by atoms with Gasteiger partial charge in [-0.2, -0.15) is 0 Å². The molecule has 3 nitrogen and oxygen atoms in total. The van der Waals surface area contributed by atoms with Gasteiger partial charge >= 0.3 is 0 Å². The average molecular weight is 336 g/mol. The normalized spacial score (nSPS) is 12.2. The Morgan fingerprint density at radius 2 is 1.90 bits per heavy atom. The molecule has 2 aromatic rings. The lowest BCUT2D eigenvalue weighted by atomic mass is 10.1. The molecule has 0 spiro atoms. The van der Waals surface area contributed by atoms with Gasteiger partial charge in [-0.25, -0.2) is 0 Å². The molecule has 0 amide bonds. The number of aliphatic hydroxyl groups is 1. The van der Waals surface area contributed by atoms with Crippen molar-refractivity contribution in [2.75, 3.05) is 7.05 Å². The van der Waals surface area contributed by atoms with Gasteiger partial charge in [0.1, 0.15) is 11.5 Å². The van der Waals surface area contributed by atoms with E-state index in [2.05, 4.69) is 28.2 Å². The second-order valence-electron chi connectivity index (χ2n) is 4.60. The minimum Gasteiger partial charge on any atom is -0.457 e. The first kappa shape index (κ1) is 15.0. The number of nitrogens with one attached hydrogen (secondary N) is 1. The van der Waals surface area contributed by atoms with E-state index in [1.54, 1.807) is 0 Å². The summed E-state index contributed by atoms with van der Waals surface area (Å²) in [5.41, 5.74) is 1.97. The minimum atomic E-state index is 0.0409. The molecule has 0 aliphatic rings. The molecular formula is C16H18BrNO2. The van der Waals surface area contributed by atoms with Gasteiger partial charge in [-0.3, -0.25) is 0 Å². The van der Waals surface area contributed by atoms with Gasteiger partial charge in [-0.05, 0) is 43.8 Å². The summed E-state index contributed by atoms with van der Waals surface area (Å²) in [4.78, 5) is 0. The van der Waals surface area contributed by atoms with Crippen molar-refractivity contribution in [3.63, 3.8) is 0 Å². The Morgan fingerprint density at radius 3 is 2.50 bits per heavy atom. The molecule has 4 heteroatoms. The maximum atomic E-state index is 9.05. The Morgan fingerprint density at radius 1 is 1.20 bits per heavy atom. The maximum absolute atomic E-state index is 9.05. The van der Waals surface area contributed by atoms with Crippen molar-refractivity contribution in [2.45, 2.75) is 19.6 Å². The first-order valence-corrected chi connectivity index (χ1v) is 7.27. The molecule has 106 valence electrons. The van der Waals surface area contributed by atoms with Crippen molar-refractivity contribution < 1.29 is 9.84 Å². The fourth-order valence-electron chi connectivity index (χ4n) is 1.90. The number of rotatable bonds is 5. The van der Waals surface area contributed by atoms with Crippen LogP contribution in [0, 0.1) is 0 Å². The van der Waals surface area contributed by atoms with E-state index in [1.807, 2.05) is 49.5 Å². The monoisotopic (exact) mass is 335 g/mol. The minimum absolute atomic E-state index is 0.0409. The van der Waals surface area contributed by atoms with Crippen LogP contribution >= 0.6 is 15.9 Å². The molecule has 0 aliphatic heterocycles. The molecule has 2 N–H and O–H groups in total. The molecule has 0 bridgehead atoms. The van der Waals surface area contributed by atoms with Crippen molar-refractivity contribution in [3.8, 4) is 11.5 Å². The van der Waals surface area contributed by atoms with E-state index in [9.17, 15) is 0 Å². The second kappa shape index (κ2) is 6.88. The molecule has 0 saturated carbocycles. The van der Waals surface area contributed by atoms with Crippen molar-refractivity contribution in [3.05, 3.63) is 58.1 Å². The Labute approximate surface area is 127 Å². The first-order chi connectivity index (χ1) is 9.63. The van der Waals surface area contributed by atoms with E-state index in [0.29, 0.717) is 0 Å². The van der Waals surface area contributed by atoms with Gasteiger partial charge in [-0.1, -0.05) is 34.1 Å². The highest BCUT2D eigenvalue weighted by atomic mass is 79.9. The quantitative estimate of drug-likeness (QED) is 0.867. The summed E-state index contributed by atoms with van der Waals surface area (Å²) in [7, 11) is 1.92. The summed E-state index contributed by atoms with van der Waals surface area (Å²) >= 11 is 3.47. The third-order valence-corrected chi connectivity index (χ3v) is 3.70. The van der Waals surface area contributed by atoms with Crippen molar-refractivity contribution >= 4 is 15.9 Å². The summed E-state index contributed by atoms with van der Waals surface area (Å²) in [5, 5.41) is 12.3. The van der Waals surface area contributed by atoms with Gasteiger partial charge in [0.2, 0.25) is 0 Å². The van der Waals surface area contributed by atoms with E-state index in [-0.39, 0.29) is 12.6 Å². The molecule has 0 aliphatic carbocycles. The summed E-state index contributed by atoms with van der Waals surface area (Å²) in [5.74, 6) is 1.57. The summed E-state index contributed by atoms with van der Waals surface area (Å²) in [6, 6.07) is 13.6. The molecule has 0 radical (unpaired) electrons. The molecule has 0 saturated heterocycles. The molecule has 0 aromatic heterocycles. The third kappa shape index (κ3) is 3.60.